The zero-order chi connectivity index (χ0) is 29.4. The first-order valence-electron chi connectivity index (χ1n) is 15.3. The monoisotopic (exact) mass is 564 g/mol. The molecule has 6 heteroatoms. The zero-order valence-electron chi connectivity index (χ0n) is 24.9. The Morgan fingerprint density at radius 2 is 1.80 bits per heavy atom. The summed E-state index contributed by atoms with van der Waals surface area (Å²) in [6, 6.07) is 8.21. The summed E-state index contributed by atoms with van der Waals surface area (Å²) < 4.78 is 18.1. The van der Waals surface area contributed by atoms with Gasteiger partial charge in [-0.1, -0.05) is 87.6 Å². The molecule has 2 bridgehead atoms. The van der Waals surface area contributed by atoms with Crippen LogP contribution in [0.2, 0.25) is 0 Å². The number of esters is 1. The quantitative estimate of drug-likeness (QED) is 0.345. The number of aliphatic hydroxyl groups excluding tert-OH is 2. The molecule has 8 unspecified atom stereocenters. The van der Waals surface area contributed by atoms with E-state index in [-0.39, 0.29) is 30.1 Å². The SMILES string of the molecule is C=C1CC(C)CC2CC=CC(C/C=C\C(=O)OC(C(O)/C=C/C3Cc4ccccc4CO3)C[C@H](C)C(C)C(O)C1)O2. The van der Waals surface area contributed by atoms with Crippen LogP contribution in [-0.4, -0.2) is 52.8 Å². The highest BCUT2D eigenvalue weighted by atomic mass is 16.6. The van der Waals surface area contributed by atoms with Crippen LogP contribution in [0.1, 0.15) is 70.4 Å². The van der Waals surface area contributed by atoms with Crippen LogP contribution in [0.4, 0.5) is 0 Å². The molecule has 0 radical (unpaired) electrons. The Bertz CT molecular complexity index is 1110. The van der Waals surface area contributed by atoms with E-state index in [2.05, 4.69) is 37.8 Å². The third-order valence-electron chi connectivity index (χ3n) is 8.81. The van der Waals surface area contributed by atoms with Crippen molar-refractivity contribution < 1.29 is 29.2 Å². The standard InChI is InChI=1S/C35H48O6/c1-23-17-24(2)19-33(37)26(4)25(3)20-34(41-35(38)14-8-12-29-11-7-13-31(18-23)40-29)32(36)16-15-30-21-27-9-5-6-10-28(27)22-39-30/h5-11,14-16,23,25-26,29-34,36-37H,2,12-13,17-22H2,1,3-4H3/b14-8-,16-15+/t23?,25-,26?,29?,30?,31?,32?,33?,34?/m0/s1. The van der Waals surface area contributed by atoms with E-state index >= 15 is 0 Å². The maximum absolute atomic E-state index is 12.9. The first-order valence-corrected chi connectivity index (χ1v) is 15.3. The lowest BCUT2D eigenvalue weighted by Gasteiger charge is -2.31. The number of fused-ring (bicyclic) bond motifs is 3. The molecule has 0 spiro atoms. The number of benzene rings is 1. The number of ether oxygens (including phenoxy) is 3. The summed E-state index contributed by atoms with van der Waals surface area (Å²) in [6.07, 6.45) is 13.4. The second kappa shape index (κ2) is 15.1. The van der Waals surface area contributed by atoms with Crippen LogP contribution in [0.15, 0.2) is 72.9 Å². The maximum atomic E-state index is 12.9. The first-order chi connectivity index (χ1) is 19.7. The van der Waals surface area contributed by atoms with Gasteiger partial charge in [-0.2, -0.15) is 0 Å². The third-order valence-corrected chi connectivity index (χ3v) is 8.81. The minimum atomic E-state index is -1.01. The van der Waals surface area contributed by atoms with Gasteiger partial charge in [0.1, 0.15) is 12.2 Å². The van der Waals surface area contributed by atoms with E-state index in [1.165, 1.54) is 17.2 Å². The van der Waals surface area contributed by atoms with Gasteiger partial charge in [-0.25, -0.2) is 4.79 Å². The average molecular weight is 565 g/mol. The van der Waals surface area contributed by atoms with Crippen LogP contribution in [0.25, 0.3) is 0 Å². The summed E-state index contributed by atoms with van der Waals surface area (Å²) in [6.45, 7) is 11.1. The highest BCUT2D eigenvalue weighted by molar-refractivity contribution is 5.82. The third kappa shape index (κ3) is 9.50. The predicted molar refractivity (Wildman–Crippen MR) is 161 cm³/mol. The van der Waals surface area contributed by atoms with Crippen LogP contribution in [0.5, 0.6) is 0 Å². The van der Waals surface area contributed by atoms with E-state index in [9.17, 15) is 15.0 Å². The Labute approximate surface area is 245 Å². The molecule has 3 heterocycles. The fourth-order valence-electron chi connectivity index (χ4n) is 6.17. The van der Waals surface area contributed by atoms with E-state index in [4.69, 9.17) is 14.2 Å². The number of cyclic esters (lactones) is 1. The molecular formula is C35H48O6. The van der Waals surface area contributed by atoms with Gasteiger partial charge in [0.15, 0.2) is 0 Å². The van der Waals surface area contributed by atoms with Crippen molar-refractivity contribution in [2.75, 3.05) is 0 Å². The second-order valence-electron chi connectivity index (χ2n) is 12.4. The zero-order valence-corrected chi connectivity index (χ0v) is 24.9. The summed E-state index contributed by atoms with van der Waals surface area (Å²) in [4.78, 5) is 12.9. The van der Waals surface area contributed by atoms with Crippen LogP contribution in [0.3, 0.4) is 0 Å². The Hall–Kier alpha value is -2.51. The van der Waals surface area contributed by atoms with Crippen LogP contribution < -0.4 is 0 Å². The molecule has 9 atom stereocenters. The number of aliphatic hydroxyl groups is 2. The molecule has 1 aromatic rings. The maximum Gasteiger partial charge on any atom is 0.330 e. The highest BCUT2D eigenvalue weighted by Crippen LogP contribution is 2.30. The summed E-state index contributed by atoms with van der Waals surface area (Å²) in [5.74, 6) is -0.170. The molecule has 0 aliphatic carbocycles. The highest BCUT2D eigenvalue weighted by Gasteiger charge is 2.30. The van der Waals surface area contributed by atoms with Gasteiger partial charge < -0.3 is 24.4 Å². The smallest absolute Gasteiger partial charge is 0.330 e. The van der Waals surface area contributed by atoms with Gasteiger partial charge in [0, 0.05) is 12.5 Å². The van der Waals surface area contributed by atoms with Gasteiger partial charge in [-0.3, -0.25) is 0 Å². The van der Waals surface area contributed by atoms with E-state index in [1.54, 1.807) is 12.2 Å². The van der Waals surface area contributed by atoms with E-state index < -0.39 is 24.3 Å². The van der Waals surface area contributed by atoms with Gasteiger partial charge in [0.2, 0.25) is 0 Å². The topological polar surface area (TPSA) is 85.2 Å². The summed E-state index contributed by atoms with van der Waals surface area (Å²) in [5, 5.41) is 22.2. The van der Waals surface area contributed by atoms with Gasteiger partial charge >= 0.3 is 5.97 Å². The molecule has 6 nitrogen and oxygen atoms in total. The van der Waals surface area contributed by atoms with Crippen molar-refractivity contribution in [3.8, 4) is 0 Å². The van der Waals surface area contributed by atoms with Gasteiger partial charge in [-0.15, -0.1) is 0 Å². The van der Waals surface area contributed by atoms with Gasteiger partial charge in [-0.05, 0) is 67.4 Å². The summed E-state index contributed by atoms with van der Waals surface area (Å²) in [7, 11) is 0. The van der Waals surface area contributed by atoms with Gasteiger partial charge in [0.25, 0.3) is 0 Å². The van der Waals surface area contributed by atoms with E-state index in [1.807, 2.05) is 32.1 Å². The lowest BCUT2D eigenvalue weighted by molar-refractivity contribution is -0.148. The summed E-state index contributed by atoms with van der Waals surface area (Å²) >= 11 is 0. The fraction of sp³-hybridized carbons (Fsp3) is 0.571. The molecule has 3 aliphatic rings. The molecule has 41 heavy (non-hydrogen) atoms. The van der Waals surface area contributed by atoms with Crippen molar-refractivity contribution in [2.24, 2.45) is 17.8 Å². The molecule has 0 amide bonds. The van der Waals surface area contributed by atoms with Crippen molar-refractivity contribution in [1.29, 1.82) is 0 Å². The molecular weight excluding hydrogens is 516 g/mol. The molecule has 4 rings (SSSR count). The van der Waals surface area contributed by atoms with Crippen LogP contribution in [0, 0.1) is 17.8 Å². The molecule has 1 aromatic carbocycles. The molecule has 3 aliphatic heterocycles. The Balaban J connectivity index is 1.47. The normalized spacial score (nSPS) is 35.6. The Kier molecular flexibility index (Phi) is 11.6. The van der Waals surface area contributed by atoms with Crippen molar-refractivity contribution >= 4 is 5.97 Å². The predicted octanol–water partition coefficient (Wildman–Crippen LogP) is 6.02. The first kappa shape index (κ1) is 31.4. The fourth-order valence-corrected chi connectivity index (χ4v) is 6.17. The Morgan fingerprint density at radius 3 is 2.61 bits per heavy atom. The minimum absolute atomic E-state index is 0.00496. The number of carbonyl (C=O) groups excluding carboxylic acids is 1. The van der Waals surface area contributed by atoms with Crippen molar-refractivity contribution in [1.82, 2.24) is 0 Å². The molecule has 0 saturated carbocycles. The molecule has 0 saturated heterocycles. The van der Waals surface area contributed by atoms with Crippen LogP contribution in [-0.2, 0) is 32.0 Å². The molecule has 0 aromatic heterocycles. The second-order valence-corrected chi connectivity index (χ2v) is 12.4. The van der Waals surface area contributed by atoms with E-state index in [0.29, 0.717) is 31.8 Å². The molecule has 0 fully saturated rings. The Morgan fingerprint density at radius 1 is 1.02 bits per heavy atom. The summed E-state index contributed by atoms with van der Waals surface area (Å²) in [5.41, 5.74) is 3.47. The van der Waals surface area contributed by atoms with E-state index in [0.717, 1.165) is 31.3 Å². The lowest BCUT2D eigenvalue weighted by atomic mass is 9.82. The van der Waals surface area contributed by atoms with Crippen molar-refractivity contribution in [3.63, 3.8) is 0 Å². The van der Waals surface area contributed by atoms with Crippen molar-refractivity contribution in [2.45, 2.75) is 109 Å². The van der Waals surface area contributed by atoms with Gasteiger partial charge in [0.05, 0.1) is 31.0 Å². The number of hydrogen-bond acceptors (Lipinski definition) is 6. The average Bonchev–Trinajstić information content (AvgIpc) is 2.94. The molecule has 2 N–H and O–H groups in total. The number of rotatable bonds is 3. The number of hydrogen-bond donors (Lipinski definition) is 2. The minimum Gasteiger partial charge on any atom is -0.456 e. The lowest BCUT2D eigenvalue weighted by Crippen LogP contribution is -2.35. The van der Waals surface area contributed by atoms with Crippen LogP contribution >= 0.6 is 0 Å². The number of carbonyl (C=O) groups is 1. The molecule has 224 valence electrons. The largest absolute Gasteiger partial charge is 0.456 e. The van der Waals surface area contributed by atoms with Crippen molar-refractivity contribution in [3.05, 3.63) is 84.0 Å².